The fourth-order valence-electron chi connectivity index (χ4n) is 3.37. The van der Waals surface area contributed by atoms with E-state index in [-0.39, 0.29) is 12.0 Å². The molecule has 1 heterocycles. The van der Waals surface area contributed by atoms with E-state index in [0.717, 1.165) is 30.9 Å². The molecule has 1 fully saturated rings. The molecular formula is C26H27NO5. The van der Waals surface area contributed by atoms with Crippen LogP contribution in [0.25, 0.3) is 0 Å². The lowest BCUT2D eigenvalue weighted by Crippen LogP contribution is -2.16. The summed E-state index contributed by atoms with van der Waals surface area (Å²) in [5, 5.41) is 2.90. The molecule has 1 aliphatic rings. The van der Waals surface area contributed by atoms with Gasteiger partial charge in [-0.25, -0.2) is 0 Å². The Morgan fingerprint density at radius 2 is 1.56 bits per heavy atom. The highest BCUT2D eigenvalue weighted by Gasteiger charge is 2.16. The van der Waals surface area contributed by atoms with E-state index in [1.54, 1.807) is 18.2 Å². The van der Waals surface area contributed by atoms with Crippen LogP contribution in [0.3, 0.4) is 0 Å². The highest BCUT2D eigenvalue weighted by Crippen LogP contribution is 2.20. The number of carbonyl (C=O) groups is 1. The zero-order valence-corrected chi connectivity index (χ0v) is 17.9. The summed E-state index contributed by atoms with van der Waals surface area (Å²) in [7, 11) is 0. The minimum absolute atomic E-state index is 0.175. The topological polar surface area (TPSA) is 66.0 Å². The second-order valence-electron chi connectivity index (χ2n) is 7.46. The van der Waals surface area contributed by atoms with Gasteiger partial charge in [-0.3, -0.25) is 4.79 Å². The molecule has 32 heavy (non-hydrogen) atoms. The summed E-state index contributed by atoms with van der Waals surface area (Å²) in [5.41, 5.74) is 1.22. The average molecular weight is 434 g/mol. The molecule has 1 aliphatic heterocycles. The van der Waals surface area contributed by atoms with Crippen LogP contribution in [0.2, 0.25) is 0 Å². The van der Waals surface area contributed by atoms with Crippen LogP contribution in [0.5, 0.6) is 17.2 Å². The highest BCUT2D eigenvalue weighted by atomic mass is 16.5. The first-order valence-corrected chi connectivity index (χ1v) is 10.8. The van der Waals surface area contributed by atoms with Gasteiger partial charge in [-0.05, 0) is 67.4 Å². The molecular weight excluding hydrogens is 406 g/mol. The largest absolute Gasteiger partial charge is 0.491 e. The van der Waals surface area contributed by atoms with Crippen molar-refractivity contribution in [3.63, 3.8) is 0 Å². The Hall–Kier alpha value is -3.51. The molecule has 1 unspecified atom stereocenters. The molecule has 1 saturated heterocycles. The maximum atomic E-state index is 12.6. The van der Waals surface area contributed by atoms with Crippen LogP contribution in [0, 0.1) is 0 Å². The summed E-state index contributed by atoms with van der Waals surface area (Å²) in [6, 6.07) is 24.0. The van der Waals surface area contributed by atoms with E-state index in [4.69, 9.17) is 18.9 Å². The average Bonchev–Trinajstić information content (AvgIpc) is 3.36. The van der Waals surface area contributed by atoms with E-state index < -0.39 is 0 Å². The SMILES string of the molecule is O=C(Nc1ccc(OCC2CCCO2)cc1)c1cccc(OCCOc2ccccc2)c1. The van der Waals surface area contributed by atoms with Crippen LogP contribution >= 0.6 is 0 Å². The number of benzene rings is 3. The van der Waals surface area contributed by atoms with E-state index in [9.17, 15) is 4.79 Å². The third-order valence-electron chi connectivity index (χ3n) is 5.03. The number of hydrogen-bond acceptors (Lipinski definition) is 5. The van der Waals surface area contributed by atoms with E-state index in [1.165, 1.54) is 0 Å². The second kappa shape index (κ2) is 11.2. The first kappa shape index (κ1) is 21.7. The van der Waals surface area contributed by atoms with Gasteiger partial charge in [-0.1, -0.05) is 24.3 Å². The molecule has 1 amide bonds. The molecule has 0 saturated carbocycles. The van der Waals surface area contributed by atoms with Crippen molar-refractivity contribution in [1.82, 2.24) is 0 Å². The molecule has 1 atom stereocenters. The van der Waals surface area contributed by atoms with Gasteiger partial charge < -0.3 is 24.3 Å². The Morgan fingerprint density at radius 3 is 2.31 bits per heavy atom. The third kappa shape index (κ3) is 6.49. The summed E-state index contributed by atoms with van der Waals surface area (Å²) in [4.78, 5) is 12.6. The Morgan fingerprint density at radius 1 is 0.844 bits per heavy atom. The normalized spacial score (nSPS) is 15.2. The number of amides is 1. The molecule has 4 rings (SSSR count). The molecule has 0 bridgehead atoms. The lowest BCUT2D eigenvalue weighted by atomic mass is 10.2. The molecule has 6 heteroatoms. The second-order valence-corrected chi connectivity index (χ2v) is 7.46. The summed E-state index contributed by atoms with van der Waals surface area (Å²) < 4.78 is 22.7. The van der Waals surface area contributed by atoms with E-state index in [0.29, 0.717) is 36.8 Å². The molecule has 0 spiro atoms. The minimum Gasteiger partial charge on any atom is -0.491 e. The van der Waals surface area contributed by atoms with Gasteiger partial charge in [0.1, 0.15) is 37.1 Å². The van der Waals surface area contributed by atoms with Crippen LogP contribution < -0.4 is 19.5 Å². The van der Waals surface area contributed by atoms with Crippen molar-refractivity contribution in [2.75, 3.05) is 31.7 Å². The Bertz CT molecular complexity index is 985. The van der Waals surface area contributed by atoms with Crippen LogP contribution in [-0.4, -0.2) is 38.4 Å². The Kier molecular flexibility index (Phi) is 7.60. The third-order valence-corrected chi connectivity index (χ3v) is 5.03. The Balaban J connectivity index is 1.24. The van der Waals surface area contributed by atoms with Crippen molar-refractivity contribution < 1.29 is 23.7 Å². The van der Waals surface area contributed by atoms with Crippen LogP contribution in [0.15, 0.2) is 78.9 Å². The smallest absolute Gasteiger partial charge is 0.255 e. The van der Waals surface area contributed by atoms with Crippen molar-refractivity contribution in [1.29, 1.82) is 0 Å². The predicted octanol–water partition coefficient (Wildman–Crippen LogP) is 4.95. The van der Waals surface area contributed by atoms with Gasteiger partial charge in [0.15, 0.2) is 0 Å². The molecule has 0 aromatic heterocycles. The van der Waals surface area contributed by atoms with Crippen molar-refractivity contribution in [3.8, 4) is 17.2 Å². The molecule has 1 N–H and O–H groups in total. The predicted molar refractivity (Wildman–Crippen MR) is 123 cm³/mol. The van der Waals surface area contributed by atoms with E-state index >= 15 is 0 Å². The highest BCUT2D eigenvalue weighted by molar-refractivity contribution is 6.04. The molecule has 3 aromatic rings. The number of anilines is 1. The van der Waals surface area contributed by atoms with E-state index in [2.05, 4.69) is 5.32 Å². The van der Waals surface area contributed by atoms with E-state index in [1.807, 2.05) is 60.7 Å². The van der Waals surface area contributed by atoms with Crippen molar-refractivity contribution in [2.45, 2.75) is 18.9 Å². The van der Waals surface area contributed by atoms with Gasteiger partial charge in [0.25, 0.3) is 5.91 Å². The van der Waals surface area contributed by atoms with Gasteiger partial charge in [0.05, 0.1) is 6.10 Å². The lowest BCUT2D eigenvalue weighted by molar-refractivity contribution is 0.0679. The maximum Gasteiger partial charge on any atom is 0.255 e. The number of para-hydroxylation sites is 1. The van der Waals surface area contributed by atoms with Gasteiger partial charge in [-0.15, -0.1) is 0 Å². The minimum atomic E-state index is -0.205. The van der Waals surface area contributed by atoms with Crippen LogP contribution in [0.4, 0.5) is 5.69 Å². The monoisotopic (exact) mass is 433 g/mol. The number of hydrogen-bond donors (Lipinski definition) is 1. The number of nitrogens with one attached hydrogen (secondary N) is 1. The number of ether oxygens (including phenoxy) is 4. The fourth-order valence-corrected chi connectivity index (χ4v) is 3.37. The summed E-state index contributed by atoms with van der Waals surface area (Å²) >= 11 is 0. The van der Waals surface area contributed by atoms with Crippen molar-refractivity contribution in [2.24, 2.45) is 0 Å². The van der Waals surface area contributed by atoms with Gasteiger partial charge >= 0.3 is 0 Å². The quantitative estimate of drug-likeness (QED) is 0.458. The molecule has 166 valence electrons. The first-order valence-electron chi connectivity index (χ1n) is 10.8. The fraction of sp³-hybridized carbons (Fsp3) is 0.269. The first-order chi connectivity index (χ1) is 15.8. The van der Waals surface area contributed by atoms with Gasteiger partial charge in [-0.2, -0.15) is 0 Å². The molecule has 6 nitrogen and oxygen atoms in total. The lowest BCUT2D eigenvalue weighted by Gasteiger charge is -2.12. The van der Waals surface area contributed by atoms with Crippen molar-refractivity contribution in [3.05, 3.63) is 84.4 Å². The molecule has 3 aromatic carbocycles. The van der Waals surface area contributed by atoms with Gasteiger partial charge in [0.2, 0.25) is 0 Å². The number of rotatable bonds is 10. The van der Waals surface area contributed by atoms with Crippen LogP contribution in [0.1, 0.15) is 23.2 Å². The summed E-state index contributed by atoms with van der Waals surface area (Å²) in [5.74, 6) is 1.97. The van der Waals surface area contributed by atoms with Crippen molar-refractivity contribution >= 4 is 11.6 Å². The number of carbonyl (C=O) groups excluding carboxylic acids is 1. The zero-order valence-electron chi connectivity index (χ0n) is 17.9. The summed E-state index contributed by atoms with van der Waals surface area (Å²) in [6.45, 7) is 2.16. The zero-order chi connectivity index (χ0) is 22.0. The Labute approximate surface area is 188 Å². The maximum absolute atomic E-state index is 12.6. The van der Waals surface area contributed by atoms with Gasteiger partial charge in [0, 0.05) is 17.9 Å². The summed E-state index contributed by atoms with van der Waals surface area (Å²) in [6.07, 6.45) is 2.30. The van der Waals surface area contributed by atoms with Crippen LogP contribution in [-0.2, 0) is 4.74 Å². The standard InChI is InChI=1S/C26H27NO5/c28-26(27-21-11-13-23(14-12-21)32-19-25-10-5-15-29-25)20-6-4-9-24(18-20)31-17-16-30-22-7-2-1-3-8-22/h1-4,6-9,11-14,18,25H,5,10,15-17,19H2,(H,27,28). The molecule has 0 radical (unpaired) electrons. The molecule has 0 aliphatic carbocycles.